The molecule has 0 aliphatic carbocycles. The van der Waals surface area contributed by atoms with Gasteiger partial charge in [-0.05, 0) is 19.1 Å². The van der Waals surface area contributed by atoms with E-state index in [9.17, 15) is 19.2 Å². The molecule has 0 N–H and O–H groups in total. The Kier molecular flexibility index (Phi) is 2.93. The summed E-state index contributed by atoms with van der Waals surface area (Å²) in [6, 6.07) is 6.14. The number of nitrogens with zero attached hydrogens (tertiary/aromatic N) is 1. The Hall–Kier alpha value is -2.50. The van der Waals surface area contributed by atoms with E-state index in [0.29, 0.717) is 5.06 Å². The average Bonchev–Trinajstić information content (AvgIpc) is 2.54. The highest BCUT2D eigenvalue weighted by Crippen LogP contribution is 2.22. The number of carbonyl (C=O) groups excluding carboxylic acids is 4. The van der Waals surface area contributed by atoms with Crippen LogP contribution in [0.3, 0.4) is 0 Å². The number of ketones is 1. The number of hydrogen-bond acceptors (Lipinski definition) is 5. The van der Waals surface area contributed by atoms with Gasteiger partial charge in [-0.25, -0.2) is 4.79 Å². The Morgan fingerprint density at radius 2 is 1.61 bits per heavy atom. The molecule has 0 aromatic heterocycles. The zero-order valence-corrected chi connectivity index (χ0v) is 9.50. The average molecular weight is 247 g/mol. The van der Waals surface area contributed by atoms with Crippen molar-refractivity contribution in [3.05, 3.63) is 35.4 Å². The number of fused-ring (bicyclic) bond motifs is 1. The van der Waals surface area contributed by atoms with E-state index >= 15 is 0 Å². The van der Waals surface area contributed by atoms with Crippen LogP contribution in [0.5, 0.6) is 0 Å². The zero-order chi connectivity index (χ0) is 13.3. The van der Waals surface area contributed by atoms with Crippen LogP contribution in [0.15, 0.2) is 24.3 Å². The van der Waals surface area contributed by atoms with E-state index in [4.69, 9.17) is 0 Å². The number of amides is 2. The first-order valence-corrected chi connectivity index (χ1v) is 5.18. The molecule has 18 heavy (non-hydrogen) atoms. The van der Waals surface area contributed by atoms with Crippen LogP contribution in [-0.4, -0.2) is 28.6 Å². The van der Waals surface area contributed by atoms with E-state index in [2.05, 4.69) is 4.84 Å². The lowest BCUT2D eigenvalue weighted by molar-refractivity contribution is -0.169. The summed E-state index contributed by atoms with van der Waals surface area (Å²) < 4.78 is 0. The van der Waals surface area contributed by atoms with Gasteiger partial charge in [0, 0.05) is 0 Å². The van der Waals surface area contributed by atoms with Crippen molar-refractivity contribution in [2.45, 2.75) is 13.3 Å². The largest absolute Gasteiger partial charge is 0.340 e. The summed E-state index contributed by atoms with van der Waals surface area (Å²) in [5, 5.41) is 0.385. The molecule has 6 nitrogen and oxygen atoms in total. The first-order valence-electron chi connectivity index (χ1n) is 5.18. The summed E-state index contributed by atoms with van der Waals surface area (Å²) in [6.07, 6.45) is -0.479. The van der Waals surface area contributed by atoms with E-state index in [0.717, 1.165) is 0 Å². The molecule has 1 heterocycles. The van der Waals surface area contributed by atoms with Gasteiger partial charge < -0.3 is 4.84 Å². The van der Waals surface area contributed by atoms with Crippen molar-refractivity contribution >= 4 is 23.6 Å². The molecule has 2 rings (SSSR count). The van der Waals surface area contributed by atoms with Gasteiger partial charge in [0.1, 0.15) is 12.2 Å². The van der Waals surface area contributed by atoms with Crippen molar-refractivity contribution < 1.29 is 24.0 Å². The van der Waals surface area contributed by atoms with Gasteiger partial charge in [-0.3, -0.25) is 14.4 Å². The molecular formula is C12H9NO5. The van der Waals surface area contributed by atoms with Crippen LogP contribution in [0.2, 0.25) is 0 Å². The van der Waals surface area contributed by atoms with Gasteiger partial charge >= 0.3 is 5.97 Å². The molecule has 1 aliphatic rings. The van der Waals surface area contributed by atoms with Gasteiger partial charge in [-0.2, -0.15) is 0 Å². The van der Waals surface area contributed by atoms with Crippen molar-refractivity contribution in [2.24, 2.45) is 0 Å². The fraction of sp³-hybridized carbons (Fsp3) is 0.167. The van der Waals surface area contributed by atoms with Crippen LogP contribution in [0.1, 0.15) is 34.1 Å². The van der Waals surface area contributed by atoms with Crippen molar-refractivity contribution in [3.8, 4) is 0 Å². The molecule has 1 aliphatic heterocycles. The van der Waals surface area contributed by atoms with Crippen LogP contribution in [0.25, 0.3) is 0 Å². The predicted molar refractivity (Wildman–Crippen MR) is 58.3 cm³/mol. The molecule has 0 atom stereocenters. The molecule has 2 amide bonds. The fourth-order valence-corrected chi connectivity index (χ4v) is 1.59. The van der Waals surface area contributed by atoms with Gasteiger partial charge in [-0.1, -0.05) is 17.2 Å². The van der Waals surface area contributed by atoms with E-state index in [-0.39, 0.29) is 11.1 Å². The maximum Gasteiger partial charge on any atom is 0.340 e. The van der Waals surface area contributed by atoms with Crippen molar-refractivity contribution in [1.82, 2.24) is 5.06 Å². The van der Waals surface area contributed by atoms with Gasteiger partial charge in [0.25, 0.3) is 11.8 Å². The number of carbonyl (C=O) groups is 4. The van der Waals surface area contributed by atoms with Gasteiger partial charge in [0.05, 0.1) is 11.1 Å². The van der Waals surface area contributed by atoms with E-state index in [1.54, 1.807) is 12.1 Å². The summed E-state index contributed by atoms with van der Waals surface area (Å²) in [6.45, 7) is 1.21. The Balaban J connectivity index is 2.19. The summed E-state index contributed by atoms with van der Waals surface area (Å²) >= 11 is 0. The minimum Gasteiger partial charge on any atom is -0.329 e. The minimum absolute atomic E-state index is 0.179. The number of imide groups is 1. The third-order valence-electron chi connectivity index (χ3n) is 2.34. The third kappa shape index (κ3) is 2.00. The number of hydrogen-bond donors (Lipinski definition) is 0. The van der Waals surface area contributed by atoms with E-state index in [1.807, 2.05) is 0 Å². The molecule has 1 aromatic carbocycles. The van der Waals surface area contributed by atoms with Crippen molar-refractivity contribution in [3.63, 3.8) is 0 Å². The van der Waals surface area contributed by atoms with Gasteiger partial charge in [0.15, 0.2) is 0 Å². The second kappa shape index (κ2) is 4.40. The van der Waals surface area contributed by atoms with Crippen LogP contribution >= 0.6 is 0 Å². The van der Waals surface area contributed by atoms with Crippen LogP contribution in [0.4, 0.5) is 0 Å². The molecule has 6 heteroatoms. The Morgan fingerprint density at radius 1 is 1.11 bits per heavy atom. The first-order chi connectivity index (χ1) is 8.50. The molecule has 0 spiro atoms. The lowest BCUT2D eigenvalue weighted by atomic mass is 10.1. The Bertz CT molecular complexity index is 528. The normalized spacial score (nSPS) is 13.5. The smallest absolute Gasteiger partial charge is 0.329 e. The molecule has 92 valence electrons. The number of Topliss-reactive ketones (excluding diaryl/α,β-unsaturated/α-hetero) is 1. The highest BCUT2D eigenvalue weighted by Gasteiger charge is 2.38. The molecule has 0 unspecified atom stereocenters. The topological polar surface area (TPSA) is 80.8 Å². The fourth-order valence-electron chi connectivity index (χ4n) is 1.59. The first kappa shape index (κ1) is 12.0. The molecule has 0 saturated carbocycles. The van der Waals surface area contributed by atoms with Crippen LogP contribution < -0.4 is 0 Å². The van der Waals surface area contributed by atoms with E-state index < -0.39 is 30.0 Å². The van der Waals surface area contributed by atoms with Crippen LogP contribution in [-0.2, 0) is 14.4 Å². The predicted octanol–water partition coefficient (Wildman–Crippen LogP) is 0.720. The van der Waals surface area contributed by atoms with Crippen molar-refractivity contribution in [2.75, 3.05) is 0 Å². The Morgan fingerprint density at radius 3 is 2.06 bits per heavy atom. The molecule has 0 bridgehead atoms. The van der Waals surface area contributed by atoms with E-state index in [1.165, 1.54) is 19.1 Å². The highest BCUT2D eigenvalue weighted by molar-refractivity contribution is 6.21. The molecule has 0 fully saturated rings. The van der Waals surface area contributed by atoms with Gasteiger partial charge in [-0.15, -0.1) is 0 Å². The number of hydroxylamine groups is 2. The second-order valence-electron chi connectivity index (χ2n) is 3.79. The van der Waals surface area contributed by atoms with Gasteiger partial charge in [0.2, 0.25) is 0 Å². The maximum atomic E-state index is 11.8. The number of rotatable bonds is 3. The SMILES string of the molecule is CC(=O)CC(=O)ON1C(=O)c2ccccc2C1=O. The molecular weight excluding hydrogens is 238 g/mol. The zero-order valence-electron chi connectivity index (χ0n) is 9.50. The molecule has 1 aromatic rings. The molecule has 0 radical (unpaired) electrons. The second-order valence-corrected chi connectivity index (χ2v) is 3.79. The molecule has 0 saturated heterocycles. The summed E-state index contributed by atoms with van der Waals surface area (Å²) in [7, 11) is 0. The quantitative estimate of drug-likeness (QED) is 0.580. The summed E-state index contributed by atoms with van der Waals surface area (Å²) in [5.41, 5.74) is 0.358. The minimum atomic E-state index is -0.933. The summed E-state index contributed by atoms with van der Waals surface area (Å²) in [4.78, 5) is 50.1. The summed E-state index contributed by atoms with van der Waals surface area (Å²) in [5.74, 6) is -2.74. The lowest BCUT2D eigenvalue weighted by Gasteiger charge is -2.11. The third-order valence-corrected chi connectivity index (χ3v) is 2.34. The number of benzene rings is 1. The Labute approximate surface area is 102 Å². The monoisotopic (exact) mass is 247 g/mol. The maximum absolute atomic E-state index is 11.8. The van der Waals surface area contributed by atoms with Crippen LogP contribution in [0, 0.1) is 0 Å². The highest BCUT2D eigenvalue weighted by atomic mass is 16.7. The standard InChI is InChI=1S/C12H9NO5/c1-7(14)6-10(15)18-13-11(16)8-4-2-3-5-9(8)12(13)17/h2-5H,6H2,1H3. The van der Waals surface area contributed by atoms with Crippen molar-refractivity contribution in [1.29, 1.82) is 0 Å². The lowest BCUT2D eigenvalue weighted by Crippen LogP contribution is -2.33.